The number of nitrogens with zero attached hydrogens (tertiary/aromatic N) is 1. The molecule has 2 radical (unpaired) electrons. The number of aromatic nitrogens is 1. The fraction of sp³-hybridized carbons (Fsp3) is 0.111. The van der Waals surface area contributed by atoms with Crippen LogP contribution in [0.5, 0.6) is 0 Å². The van der Waals surface area contributed by atoms with Gasteiger partial charge in [-0.1, -0.05) is 0 Å². The molecule has 0 bridgehead atoms. The summed E-state index contributed by atoms with van der Waals surface area (Å²) in [7, 11) is 0. The topological polar surface area (TPSA) is 12.9 Å². The Morgan fingerprint density at radius 3 is 3.09 bits per heavy atom. The van der Waals surface area contributed by atoms with E-state index in [1.165, 1.54) is 9.58 Å². The van der Waals surface area contributed by atoms with Crippen molar-refractivity contribution >= 4 is 21.4 Å². The van der Waals surface area contributed by atoms with Gasteiger partial charge >= 0.3 is 0 Å². The Kier molecular flexibility index (Phi) is 1.43. The lowest BCUT2D eigenvalue weighted by molar-refractivity contribution is 1.37. The van der Waals surface area contributed by atoms with Gasteiger partial charge in [0.15, 0.2) is 0 Å². The average molecular weight is 161 g/mol. The van der Waals surface area contributed by atoms with Crippen molar-refractivity contribution in [3.8, 4) is 0 Å². The van der Waals surface area contributed by atoms with Crippen LogP contribution in [0.4, 0.5) is 0 Å². The van der Waals surface area contributed by atoms with Gasteiger partial charge in [0.1, 0.15) is 0 Å². The zero-order valence-corrected chi connectivity index (χ0v) is 6.98. The van der Waals surface area contributed by atoms with E-state index in [-0.39, 0.29) is 0 Å². The fourth-order valence-corrected chi connectivity index (χ4v) is 2.04. The van der Waals surface area contributed by atoms with Gasteiger partial charge in [0, 0.05) is 24.2 Å². The van der Waals surface area contributed by atoms with Crippen LogP contribution in [0.2, 0.25) is 0 Å². The van der Waals surface area contributed by atoms with Crippen molar-refractivity contribution in [1.29, 1.82) is 0 Å². The lowest BCUT2D eigenvalue weighted by Gasteiger charge is -1.87. The second kappa shape index (κ2) is 2.31. The lowest BCUT2D eigenvalue weighted by Crippen LogP contribution is -1.70. The number of hydrogen-bond donors (Lipinski definition) is 0. The molecule has 0 spiro atoms. The molecule has 54 valence electrons. The minimum Gasteiger partial charge on any atom is -0.263 e. The average Bonchev–Trinajstić information content (AvgIpc) is 2.30. The highest BCUT2D eigenvalue weighted by Crippen LogP contribution is 2.28. The molecular formula is C9H7NS. The molecule has 0 N–H and O–H groups in total. The first-order valence-electron chi connectivity index (χ1n) is 3.37. The minimum absolute atomic E-state index is 0.896. The van der Waals surface area contributed by atoms with Crippen LogP contribution < -0.4 is 0 Å². The molecule has 0 saturated heterocycles. The van der Waals surface area contributed by atoms with Crippen LogP contribution in [0.15, 0.2) is 18.5 Å². The summed E-state index contributed by atoms with van der Waals surface area (Å²) in [5.74, 6) is 0. The van der Waals surface area contributed by atoms with E-state index in [1.807, 2.05) is 19.2 Å². The summed E-state index contributed by atoms with van der Waals surface area (Å²) in [5.41, 5.74) is 0.896. The molecule has 11 heavy (non-hydrogen) atoms. The maximum atomic E-state index is 5.82. The van der Waals surface area contributed by atoms with Crippen molar-refractivity contribution < 1.29 is 0 Å². The smallest absolute Gasteiger partial charge is 0.0531 e. The highest BCUT2D eigenvalue weighted by atomic mass is 32.1. The Morgan fingerprint density at radius 2 is 2.36 bits per heavy atom. The normalized spacial score (nSPS) is 10.7. The predicted molar refractivity (Wildman–Crippen MR) is 47.8 cm³/mol. The lowest BCUT2D eigenvalue weighted by atomic mass is 10.2. The molecule has 0 aliphatic rings. The van der Waals surface area contributed by atoms with Gasteiger partial charge < -0.3 is 0 Å². The number of pyridine rings is 1. The zero-order chi connectivity index (χ0) is 7.84. The molecule has 1 nitrogen and oxygen atoms in total. The van der Waals surface area contributed by atoms with E-state index in [2.05, 4.69) is 4.98 Å². The minimum atomic E-state index is 0.896. The van der Waals surface area contributed by atoms with Crippen LogP contribution in [-0.4, -0.2) is 4.98 Å². The third-order valence-corrected chi connectivity index (χ3v) is 2.79. The van der Waals surface area contributed by atoms with Crippen LogP contribution in [0, 0.1) is 13.8 Å². The third-order valence-electron chi connectivity index (χ3n) is 1.72. The molecule has 2 aromatic rings. The monoisotopic (exact) mass is 161 g/mol. The van der Waals surface area contributed by atoms with E-state index in [0.29, 0.717) is 0 Å². The Morgan fingerprint density at radius 1 is 1.55 bits per heavy atom. The van der Waals surface area contributed by atoms with Gasteiger partial charge in [0.2, 0.25) is 0 Å². The first kappa shape index (κ1) is 6.80. The quantitative estimate of drug-likeness (QED) is 0.579. The second-order valence-electron chi connectivity index (χ2n) is 2.44. The Labute approximate surface area is 69.7 Å². The van der Waals surface area contributed by atoms with Gasteiger partial charge in [0.05, 0.1) is 4.70 Å². The molecule has 2 heterocycles. The van der Waals surface area contributed by atoms with Crippen molar-refractivity contribution in [2.75, 3.05) is 0 Å². The molecule has 0 saturated carbocycles. The summed E-state index contributed by atoms with van der Waals surface area (Å²) in [6, 6.07) is 1.95. The van der Waals surface area contributed by atoms with Crippen molar-refractivity contribution in [1.82, 2.24) is 4.98 Å². The van der Waals surface area contributed by atoms with Crippen molar-refractivity contribution in [2.24, 2.45) is 0 Å². The van der Waals surface area contributed by atoms with Crippen LogP contribution in [0.1, 0.15) is 10.4 Å². The molecule has 0 fully saturated rings. The van der Waals surface area contributed by atoms with Crippen LogP contribution in [0.25, 0.3) is 10.1 Å². The highest BCUT2D eigenvalue weighted by Gasteiger charge is 2.02. The summed E-state index contributed by atoms with van der Waals surface area (Å²) >= 11 is 1.69. The summed E-state index contributed by atoms with van der Waals surface area (Å²) in [6.45, 7) is 7.85. The molecule has 2 aromatic heterocycles. The summed E-state index contributed by atoms with van der Waals surface area (Å²) in [6.07, 6.45) is 3.62. The summed E-state index contributed by atoms with van der Waals surface area (Å²) < 4.78 is 1.17. The van der Waals surface area contributed by atoms with Gasteiger partial charge in [0.25, 0.3) is 0 Å². The summed E-state index contributed by atoms with van der Waals surface area (Å²) in [4.78, 5) is 5.20. The SMILES string of the molecule is [CH]c1c(C)sc2cnccc12. The van der Waals surface area contributed by atoms with Crippen molar-refractivity contribution in [3.05, 3.63) is 35.8 Å². The molecule has 0 atom stereocenters. The van der Waals surface area contributed by atoms with Gasteiger partial charge in [-0.25, -0.2) is 0 Å². The molecular weight excluding hydrogens is 154 g/mol. The van der Waals surface area contributed by atoms with E-state index < -0.39 is 0 Å². The van der Waals surface area contributed by atoms with Gasteiger partial charge in [-0.05, 0) is 23.9 Å². The third kappa shape index (κ3) is 0.942. The highest BCUT2D eigenvalue weighted by molar-refractivity contribution is 7.19. The Hall–Kier alpha value is -0.890. The van der Waals surface area contributed by atoms with E-state index >= 15 is 0 Å². The molecule has 0 aromatic carbocycles. The van der Waals surface area contributed by atoms with Crippen LogP contribution in [-0.2, 0) is 0 Å². The fourth-order valence-electron chi connectivity index (χ4n) is 1.09. The molecule has 0 amide bonds. The molecule has 2 heteroatoms. The molecule has 0 aliphatic heterocycles. The maximum Gasteiger partial charge on any atom is 0.0531 e. The first-order valence-corrected chi connectivity index (χ1v) is 4.19. The van der Waals surface area contributed by atoms with Crippen LogP contribution in [0.3, 0.4) is 0 Å². The summed E-state index contributed by atoms with van der Waals surface area (Å²) in [5, 5.41) is 1.13. The number of fused-ring (bicyclic) bond motifs is 1. The Bertz CT molecular complexity index is 389. The van der Waals surface area contributed by atoms with Crippen LogP contribution >= 0.6 is 11.3 Å². The zero-order valence-electron chi connectivity index (χ0n) is 6.16. The predicted octanol–water partition coefficient (Wildman–Crippen LogP) is 2.66. The van der Waals surface area contributed by atoms with Crippen molar-refractivity contribution in [2.45, 2.75) is 6.92 Å². The van der Waals surface area contributed by atoms with E-state index in [9.17, 15) is 0 Å². The number of aryl methyl sites for hydroxylation is 1. The van der Waals surface area contributed by atoms with Gasteiger partial charge in [-0.3, -0.25) is 4.98 Å². The van der Waals surface area contributed by atoms with Crippen molar-refractivity contribution in [3.63, 3.8) is 0 Å². The number of rotatable bonds is 0. The number of thiophene rings is 1. The number of hydrogen-bond acceptors (Lipinski definition) is 2. The Balaban J connectivity index is 2.92. The molecule has 2 rings (SSSR count). The largest absolute Gasteiger partial charge is 0.263 e. The van der Waals surface area contributed by atoms with Gasteiger partial charge in [-0.2, -0.15) is 0 Å². The van der Waals surface area contributed by atoms with Gasteiger partial charge in [-0.15, -0.1) is 11.3 Å². The molecule has 0 unspecified atom stereocenters. The van der Waals surface area contributed by atoms with E-state index in [0.717, 1.165) is 10.9 Å². The second-order valence-corrected chi connectivity index (χ2v) is 3.70. The maximum absolute atomic E-state index is 5.82. The van der Waals surface area contributed by atoms with E-state index in [1.54, 1.807) is 17.5 Å². The molecule has 0 aliphatic carbocycles. The first-order chi connectivity index (χ1) is 5.29. The van der Waals surface area contributed by atoms with E-state index in [4.69, 9.17) is 6.92 Å². The standard InChI is InChI=1S/C9H7NS/c1-6-7(2)11-9-5-10-4-3-8(6)9/h1,3-5H,2H3.